The Kier molecular flexibility index (Phi) is 6.85. The third kappa shape index (κ3) is 5.55. The van der Waals surface area contributed by atoms with E-state index in [-0.39, 0.29) is 24.3 Å². The smallest absolute Gasteiger partial charge is 0.251 e. The van der Waals surface area contributed by atoms with E-state index in [2.05, 4.69) is 10.6 Å². The summed E-state index contributed by atoms with van der Waals surface area (Å²) in [6, 6.07) is 6.94. The second kappa shape index (κ2) is 9.53. The van der Waals surface area contributed by atoms with Crippen LogP contribution in [-0.2, 0) is 9.59 Å². The minimum absolute atomic E-state index is 0.0192. The number of anilines is 1. The zero-order valence-corrected chi connectivity index (χ0v) is 15.8. The second-order valence-electron chi connectivity index (χ2n) is 7.52. The summed E-state index contributed by atoms with van der Waals surface area (Å²) < 4.78 is 0. The second-order valence-corrected chi connectivity index (χ2v) is 7.52. The van der Waals surface area contributed by atoms with Gasteiger partial charge in [0.25, 0.3) is 5.91 Å². The molecule has 0 atom stereocenters. The van der Waals surface area contributed by atoms with Crippen LogP contribution < -0.4 is 15.5 Å². The van der Waals surface area contributed by atoms with Gasteiger partial charge < -0.3 is 15.5 Å². The number of benzene rings is 1. The molecule has 1 aliphatic carbocycles. The predicted octanol–water partition coefficient (Wildman–Crippen LogP) is 2.63. The topological polar surface area (TPSA) is 78.5 Å². The maximum Gasteiger partial charge on any atom is 0.251 e. The van der Waals surface area contributed by atoms with E-state index in [4.69, 9.17) is 0 Å². The summed E-state index contributed by atoms with van der Waals surface area (Å²) in [6.45, 7) is 1.38. The summed E-state index contributed by atoms with van der Waals surface area (Å²) in [6.07, 6.45) is 8.98. The molecule has 27 heavy (non-hydrogen) atoms. The number of rotatable bonds is 8. The molecule has 1 heterocycles. The molecule has 0 spiro atoms. The quantitative estimate of drug-likeness (QED) is 0.690. The molecule has 3 rings (SSSR count). The van der Waals surface area contributed by atoms with Gasteiger partial charge in [0.05, 0.1) is 6.54 Å². The number of hydrogen-bond acceptors (Lipinski definition) is 3. The van der Waals surface area contributed by atoms with Gasteiger partial charge in [-0.1, -0.05) is 25.7 Å². The van der Waals surface area contributed by atoms with E-state index in [0.29, 0.717) is 18.5 Å². The van der Waals surface area contributed by atoms with E-state index >= 15 is 0 Å². The number of hydrogen-bond donors (Lipinski definition) is 2. The molecule has 0 bridgehead atoms. The summed E-state index contributed by atoms with van der Waals surface area (Å²) in [4.78, 5) is 37.5. The Balaban J connectivity index is 1.35. The average Bonchev–Trinajstić information content (AvgIpc) is 3.35. The van der Waals surface area contributed by atoms with Crippen LogP contribution in [-0.4, -0.2) is 37.4 Å². The van der Waals surface area contributed by atoms with Crippen molar-refractivity contribution in [1.29, 1.82) is 0 Å². The van der Waals surface area contributed by atoms with E-state index in [0.717, 1.165) is 31.0 Å². The number of carbonyl (C=O) groups excluding carboxylic acids is 3. The Morgan fingerprint density at radius 1 is 1.04 bits per heavy atom. The maximum absolute atomic E-state index is 12.2. The average molecular weight is 371 g/mol. The van der Waals surface area contributed by atoms with E-state index < -0.39 is 0 Å². The van der Waals surface area contributed by atoms with Crippen molar-refractivity contribution in [1.82, 2.24) is 10.6 Å². The van der Waals surface area contributed by atoms with Crippen molar-refractivity contribution in [3.8, 4) is 0 Å². The van der Waals surface area contributed by atoms with E-state index in [9.17, 15) is 14.4 Å². The van der Waals surface area contributed by atoms with Gasteiger partial charge in [0.2, 0.25) is 11.8 Å². The highest BCUT2D eigenvalue weighted by molar-refractivity contribution is 5.98. The minimum atomic E-state index is -0.282. The Bertz CT molecular complexity index is 666. The third-order valence-electron chi connectivity index (χ3n) is 5.51. The van der Waals surface area contributed by atoms with Crippen molar-refractivity contribution in [2.75, 3.05) is 24.5 Å². The fourth-order valence-electron chi connectivity index (χ4n) is 3.96. The lowest BCUT2D eigenvalue weighted by atomic mass is 10.0. The van der Waals surface area contributed by atoms with Gasteiger partial charge >= 0.3 is 0 Å². The van der Waals surface area contributed by atoms with Crippen molar-refractivity contribution in [3.63, 3.8) is 0 Å². The molecule has 0 radical (unpaired) electrons. The predicted molar refractivity (Wildman–Crippen MR) is 105 cm³/mol. The molecule has 2 N–H and O–H groups in total. The van der Waals surface area contributed by atoms with E-state index in [1.807, 2.05) is 0 Å². The van der Waals surface area contributed by atoms with Crippen LogP contribution in [0.5, 0.6) is 0 Å². The molecule has 3 amide bonds. The van der Waals surface area contributed by atoms with Gasteiger partial charge in [0.15, 0.2) is 0 Å². The number of nitrogens with zero attached hydrogens (tertiary/aromatic N) is 1. The van der Waals surface area contributed by atoms with Gasteiger partial charge in [0, 0.05) is 30.8 Å². The molecular formula is C21H29N3O3. The SMILES string of the molecule is O=C(CNC(=O)c1ccc(N2CCCC2=O)cc1)NCCCC1CCCC1. The molecule has 1 aromatic carbocycles. The first-order valence-electron chi connectivity index (χ1n) is 10.1. The van der Waals surface area contributed by atoms with Crippen LogP contribution in [0.25, 0.3) is 0 Å². The molecule has 1 saturated carbocycles. The van der Waals surface area contributed by atoms with Crippen LogP contribution in [0.4, 0.5) is 5.69 Å². The number of nitrogens with one attached hydrogen (secondary N) is 2. The molecule has 1 saturated heterocycles. The molecule has 0 unspecified atom stereocenters. The van der Waals surface area contributed by atoms with Crippen molar-refractivity contribution >= 4 is 23.4 Å². The van der Waals surface area contributed by atoms with Gasteiger partial charge in [-0.3, -0.25) is 14.4 Å². The first kappa shape index (κ1) is 19.4. The standard InChI is InChI=1S/C21H29N3O3/c25-19(22-13-3-7-16-5-1-2-6-16)15-23-21(27)17-9-11-18(12-10-17)24-14-4-8-20(24)26/h9-12,16H,1-8,13-15H2,(H,22,25)(H,23,27). The molecule has 6 heteroatoms. The van der Waals surface area contributed by atoms with E-state index in [1.165, 1.54) is 32.1 Å². The van der Waals surface area contributed by atoms with Crippen LogP contribution in [0.3, 0.4) is 0 Å². The van der Waals surface area contributed by atoms with Crippen LogP contribution in [0.1, 0.15) is 61.7 Å². The molecule has 1 aliphatic heterocycles. The van der Waals surface area contributed by atoms with Crippen molar-refractivity contribution < 1.29 is 14.4 Å². The van der Waals surface area contributed by atoms with Crippen LogP contribution in [0.2, 0.25) is 0 Å². The largest absolute Gasteiger partial charge is 0.355 e. The summed E-state index contributed by atoms with van der Waals surface area (Å²) in [5, 5.41) is 5.51. The summed E-state index contributed by atoms with van der Waals surface area (Å²) in [5.74, 6) is 0.515. The van der Waals surface area contributed by atoms with Crippen LogP contribution in [0.15, 0.2) is 24.3 Å². The number of amides is 3. The van der Waals surface area contributed by atoms with Crippen molar-refractivity contribution in [2.24, 2.45) is 5.92 Å². The van der Waals surface area contributed by atoms with Crippen LogP contribution >= 0.6 is 0 Å². The molecule has 2 aliphatic rings. The van der Waals surface area contributed by atoms with Gasteiger partial charge in [-0.2, -0.15) is 0 Å². The summed E-state index contributed by atoms with van der Waals surface area (Å²) in [7, 11) is 0. The Labute approximate surface area is 160 Å². The highest BCUT2D eigenvalue weighted by Crippen LogP contribution is 2.28. The Morgan fingerprint density at radius 2 is 1.78 bits per heavy atom. The fraction of sp³-hybridized carbons (Fsp3) is 0.571. The lowest BCUT2D eigenvalue weighted by molar-refractivity contribution is -0.120. The monoisotopic (exact) mass is 371 g/mol. The zero-order chi connectivity index (χ0) is 19.1. The summed E-state index contributed by atoms with van der Waals surface area (Å²) >= 11 is 0. The van der Waals surface area contributed by atoms with Gasteiger partial charge in [-0.15, -0.1) is 0 Å². The Morgan fingerprint density at radius 3 is 2.44 bits per heavy atom. The highest BCUT2D eigenvalue weighted by atomic mass is 16.2. The molecular weight excluding hydrogens is 342 g/mol. The van der Waals surface area contributed by atoms with E-state index in [1.54, 1.807) is 29.2 Å². The lowest BCUT2D eigenvalue weighted by Crippen LogP contribution is -2.37. The number of carbonyl (C=O) groups is 3. The summed E-state index contributed by atoms with van der Waals surface area (Å²) in [5.41, 5.74) is 1.30. The molecule has 0 aromatic heterocycles. The highest BCUT2D eigenvalue weighted by Gasteiger charge is 2.21. The molecule has 1 aromatic rings. The lowest BCUT2D eigenvalue weighted by Gasteiger charge is -2.15. The first-order chi connectivity index (χ1) is 13.1. The molecule has 6 nitrogen and oxygen atoms in total. The molecule has 146 valence electrons. The van der Waals surface area contributed by atoms with Crippen molar-refractivity contribution in [2.45, 2.75) is 51.4 Å². The minimum Gasteiger partial charge on any atom is -0.355 e. The van der Waals surface area contributed by atoms with Crippen LogP contribution in [0, 0.1) is 5.92 Å². The fourth-order valence-corrected chi connectivity index (χ4v) is 3.96. The zero-order valence-electron chi connectivity index (χ0n) is 15.8. The maximum atomic E-state index is 12.2. The normalized spacial score (nSPS) is 17.3. The Hall–Kier alpha value is -2.37. The van der Waals surface area contributed by atoms with Crippen molar-refractivity contribution in [3.05, 3.63) is 29.8 Å². The first-order valence-corrected chi connectivity index (χ1v) is 10.1. The van der Waals surface area contributed by atoms with Gasteiger partial charge in [-0.05, 0) is 49.4 Å². The van der Waals surface area contributed by atoms with Gasteiger partial charge in [0.1, 0.15) is 0 Å². The van der Waals surface area contributed by atoms with Gasteiger partial charge in [-0.25, -0.2) is 0 Å². The third-order valence-corrected chi connectivity index (χ3v) is 5.51. The molecule has 2 fully saturated rings.